The molecule has 3 aromatic rings. The van der Waals surface area contributed by atoms with E-state index >= 15 is 0 Å². The van der Waals surface area contributed by atoms with E-state index in [1.54, 1.807) is 18.5 Å². The van der Waals surface area contributed by atoms with Crippen molar-refractivity contribution >= 4 is 16.7 Å². The molecular formula is C33H36N2O5. The van der Waals surface area contributed by atoms with Gasteiger partial charge in [0.2, 0.25) is 0 Å². The van der Waals surface area contributed by atoms with E-state index < -0.39 is 34.6 Å². The summed E-state index contributed by atoms with van der Waals surface area (Å²) >= 11 is 0. The Morgan fingerprint density at radius 2 is 1.88 bits per heavy atom. The lowest BCUT2D eigenvalue weighted by Gasteiger charge is -2.67. The van der Waals surface area contributed by atoms with E-state index in [0.717, 1.165) is 17.5 Å². The number of fused-ring (bicyclic) bond motifs is 9. The van der Waals surface area contributed by atoms with Gasteiger partial charge in [-0.15, -0.1) is 0 Å². The van der Waals surface area contributed by atoms with Crippen molar-refractivity contribution in [3.63, 3.8) is 0 Å². The van der Waals surface area contributed by atoms with Crippen molar-refractivity contribution in [2.75, 3.05) is 0 Å². The van der Waals surface area contributed by atoms with Crippen LogP contribution in [0.2, 0.25) is 0 Å². The van der Waals surface area contributed by atoms with Gasteiger partial charge < -0.3 is 24.3 Å². The molecule has 8 rings (SSSR count). The van der Waals surface area contributed by atoms with Gasteiger partial charge in [0.25, 0.3) is 0 Å². The molecule has 1 spiro atoms. The minimum Gasteiger partial charge on any atom is -0.382 e. The number of carbonyl (C=O) groups excluding carboxylic acids is 1. The molecule has 1 aromatic carbocycles. The number of benzene rings is 1. The van der Waals surface area contributed by atoms with Gasteiger partial charge in [0.1, 0.15) is 11.2 Å². The average molecular weight is 541 g/mol. The predicted octanol–water partition coefficient (Wildman–Crippen LogP) is 4.91. The summed E-state index contributed by atoms with van der Waals surface area (Å²) in [6.45, 7) is 8.67. The highest BCUT2D eigenvalue weighted by Crippen LogP contribution is 2.72. The number of aromatic nitrogens is 2. The van der Waals surface area contributed by atoms with Crippen LogP contribution >= 0.6 is 0 Å². The normalized spacial score (nSPS) is 40.8. The first-order valence-corrected chi connectivity index (χ1v) is 14.5. The van der Waals surface area contributed by atoms with Crippen molar-refractivity contribution in [2.45, 2.75) is 94.6 Å². The van der Waals surface area contributed by atoms with Crippen LogP contribution in [0.15, 0.2) is 60.4 Å². The standard InChI is InChI=1S/C33H36N2O5/c1-29(2)28-24(36)17-25-32(39-28,40-29)12-11-30(3)31(4)20(15-22-21-7-5-6-8-23(21)35-27(22)31)16-26(33(25,30)37)38-18-19-9-13-34-14-10-19/h5-10,13-14,17,20,26,28,35,37H,11-12,15-16,18H2,1-4H3/t20-,26+,28+,30?,31-,32+,33+/m1/s1. The number of hydrogen-bond donors (Lipinski definition) is 2. The molecule has 2 aromatic heterocycles. The molecule has 7 atom stereocenters. The number of pyridine rings is 1. The third-order valence-corrected chi connectivity index (χ3v) is 11.4. The monoisotopic (exact) mass is 540 g/mol. The van der Waals surface area contributed by atoms with Crippen LogP contribution in [0.1, 0.15) is 63.8 Å². The van der Waals surface area contributed by atoms with E-state index in [-0.39, 0.29) is 17.1 Å². The summed E-state index contributed by atoms with van der Waals surface area (Å²) in [7, 11) is 0. The number of aromatic amines is 1. The van der Waals surface area contributed by atoms with Gasteiger partial charge in [0.15, 0.2) is 17.7 Å². The molecule has 7 nitrogen and oxygen atoms in total. The molecule has 0 amide bonds. The van der Waals surface area contributed by atoms with Crippen LogP contribution in [0.5, 0.6) is 0 Å². The molecule has 3 aliphatic carbocycles. The second kappa shape index (κ2) is 7.71. The minimum absolute atomic E-state index is 0.149. The number of carbonyl (C=O) groups is 1. The highest BCUT2D eigenvalue weighted by molar-refractivity contribution is 5.97. The summed E-state index contributed by atoms with van der Waals surface area (Å²) in [6, 6.07) is 12.3. The zero-order chi connectivity index (χ0) is 27.7. The summed E-state index contributed by atoms with van der Waals surface area (Å²) in [5.74, 6) is -1.03. The SMILES string of the molecule is CC1(C)O[C@@]23CCC4(C)[C@@]5(C)c6[nH]c7ccccc7c6C[C@@H]5C[C@H](OCc5ccncc5)[C@@]4(O)C2=CC(=O)[C@@H]1O3. The van der Waals surface area contributed by atoms with Crippen molar-refractivity contribution < 1.29 is 24.1 Å². The second-order valence-corrected chi connectivity index (χ2v) is 13.5. The Morgan fingerprint density at radius 1 is 1.10 bits per heavy atom. The lowest BCUT2D eigenvalue weighted by atomic mass is 9.41. The number of hydrogen-bond acceptors (Lipinski definition) is 6. The number of nitrogens with one attached hydrogen (secondary N) is 1. The first-order valence-electron chi connectivity index (χ1n) is 14.5. The third-order valence-electron chi connectivity index (χ3n) is 11.4. The fourth-order valence-electron chi connectivity index (χ4n) is 9.26. The zero-order valence-corrected chi connectivity index (χ0v) is 23.5. The summed E-state index contributed by atoms with van der Waals surface area (Å²) in [6.07, 6.45) is 6.72. The van der Waals surface area contributed by atoms with Crippen molar-refractivity contribution in [2.24, 2.45) is 11.3 Å². The molecule has 208 valence electrons. The Morgan fingerprint density at radius 3 is 2.67 bits per heavy atom. The van der Waals surface area contributed by atoms with Crippen LogP contribution in [-0.4, -0.2) is 50.1 Å². The average Bonchev–Trinajstić information content (AvgIpc) is 3.52. The molecule has 2 aliphatic heterocycles. The quantitative estimate of drug-likeness (QED) is 0.490. The van der Waals surface area contributed by atoms with E-state index in [9.17, 15) is 9.90 Å². The second-order valence-electron chi connectivity index (χ2n) is 13.5. The molecule has 7 heteroatoms. The van der Waals surface area contributed by atoms with E-state index in [1.807, 2.05) is 26.0 Å². The molecule has 2 N–H and O–H groups in total. The van der Waals surface area contributed by atoms with E-state index in [4.69, 9.17) is 14.2 Å². The van der Waals surface area contributed by atoms with Crippen LogP contribution in [0.25, 0.3) is 10.9 Å². The topological polar surface area (TPSA) is 93.7 Å². The maximum Gasteiger partial charge on any atom is 0.195 e. The molecule has 0 radical (unpaired) electrons. The highest BCUT2D eigenvalue weighted by Gasteiger charge is 2.78. The Labute approximate surface area is 233 Å². The Balaban J connectivity index is 1.31. The summed E-state index contributed by atoms with van der Waals surface area (Å²) in [5, 5.41) is 14.6. The molecule has 1 saturated heterocycles. The number of ether oxygens (including phenoxy) is 3. The lowest BCUT2D eigenvalue weighted by Crippen LogP contribution is -2.74. The molecule has 3 fully saturated rings. The van der Waals surface area contributed by atoms with Gasteiger partial charge in [0, 0.05) is 51.8 Å². The van der Waals surface area contributed by atoms with E-state index in [0.29, 0.717) is 31.4 Å². The first kappa shape index (κ1) is 24.9. The van der Waals surface area contributed by atoms with Crippen molar-refractivity contribution in [3.8, 4) is 0 Å². The van der Waals surface area contributed by atoms with Gasteiger partial charge in [-0.2, -0.15) is 0 Å². The highest BCUT2D eigenvalue weighted by atomic mass is 16.8. The molecule has 2 bridgehead atoms. The van der Waals surface area contributed by atoms with Crippen molar-refractivity contribution in [1.29, 1.82) is 0 Å². The van der Waals surface area contributed by atoms with Gasteiger partial charge in [-0.25, -0.2) is 0 Å². The predicted molar refractivity (Wildman–Crippen MR) is 148 cm³/mol. The zero-order valence-electron chi connectivity index (χ0n) is 23.5. The number of para-hydroxylation sites is 1. The Kier molecular flexibility index (Phi) is 4.80. The van der Waals surface area contributed by atoms with Crippen LogP contribution in [0.4, 0.5) is 0 Å². The molecule has 4 heterocycles. The van der Waals surface area contributed by atoms with Gasteiger partial charge in [-0.3, -0.25) is 9.78 Å². The van der Waals surface area contributed by atoms with Crippen molar-refractivity contribution in [1.82, 2.24) is 9.97 Å². The molecule has 40 heavy (non-hydrogen) atoms. The van der Waals surface area contributed by atoms with Gasteiger partial charge in [-0.05, 0) is 74.4 Å². The fourth-order valence-corrected chi connectivity index (χ4v) is 9.26. The third kappa shape index (κ3) is 2.79. The summed E-state index contributed by atoms with van der Waals surface area (Å²) < 4.78 is 19.8. The number of ketones is 1. The molecule has 5 aliphatic rings. The van der Waals surface area contributed by atoms with Crippen LogP contribution in [-0.2, 0) is 37.4 Å². The molecule has 2 saturated carbocycles. The first-order chi connectivity index (χ1) is 19.0. The number of aliphatic hydroxyl groups is 1. The van der Waals surface area contributed by atoms with Crippen molar-refractivity contribution in [3.05, 3.63) is 77.3 Å². The lowest BCUT2D eigenvalue weighted by molar-refractivity contribution is -0.282. The fraction of sp³-hybridized carbons (Fsp3) is 0.515. The summed E-state index contributed by atoms with van der Waals surface area (Å²) in [5.41, 5.74) is 1.86. The van der Waals surface area contributed by atoms with Crippen LogP contribution in [0, 0.1) is 11.3 Å². The smallest absolute Gasteiger partial charge is 0.195 e. The minimum atomic E-state index is -1.50. The Hall–Kier alpha value is -2.84. The van der Waals surface area contributed by atoms with Gasteiger partial charge in [-0.1, -0.05) is 32.0 Å². The molecule has 1 unspecified atom stereocenters. The maximum absolute atomic E-state index is 13.5. The van der Waals surface area contributed by atoms with Gasteiger partial charge in [0.05, 0.1) is 12.7 Å². The number of nitrogens with zero attached hydrogens (tertiary/aromatic N) is 1. The van der Waals surface area contributed by atoms with Gasteiger partial charge >= 0.3 is 0 Å². The maximum atomic E-state index is 13.5. The van der Waals surface area contributed by atoms with Crippen LogP contribution < -0.4 is 0 Å². The van der Waals surface area contributed by atoms with E-state index in [1.165, 1.54) is 16.6 Å². The summed E-state index contributed by atoms with van der Waals surface area (Å²) in [4.78, 5) is 21.4. The number of rotatable bonds is 3. The van der Waals surface area contributed by atoms with Crippen LogP contribution in [0.3, 0.4) is 0 Å². The molecular weight excluding hydrogens is 504 g/mol. The van der Waals surface area contributed by atoms with E-state index in [2.05, 4.69) is 48.1 Å². The Bertz CT molecular complexity index is 1590. The number of H-pyrrole nitrogens is 1. The largest absolute Gasteiger partial charge is 0.382 e.